The number of anilines is 1. The Hall–Kier alpha value is -1.24. The van der Waals surface area contributed by atoms with Crippen LogP contribution in [0.25, 0.3) is 0 Å². The first kappa shape index (κ1) is 12.2. The minimum Gasteiger partial charge on any atom is -0.330 e. The molecule has 0 saturated carbocycles. The highest BCUT2D eigenvalue weighted by atomic mass is 19.3. The van der Waals surface area contributed by atoms with Crippen molar-refractivity contribution in [2.75, 3.05) is 24.5 Å². The van der Waals surface area contributed by atoms with Crippen LogP contribution in [0.4, 0.5) is 14.8 Å². The zero-order valence-electron chi connectivity index (χ0n) is 9.70. The summed E-state index contributed by atoms with van der Waals surface area (Å²) in [6.45, 7) is 2.86. The minimum atomic E-state index is -3.06. The van der Waals surface area contributed by atoms with Crippen LogP contribution in [0.15, 0.2) is 4.52 Å². The predicted octanol–water partition coefficient (Wildman–Crippen LogP) is 1.36. The molecule has 0 radical (unpaired) electrons. The molecule has 0 aliphatic carbocycles. The van der Waals surface area contributed by atoms with E-state index in [9.17, 15) is 8.78 Å². The van der Waals surface area contributed by atoms with Gasteiger partial charge in [-0.05, 0) is 25.3 Å². The van der Waals surface area contributed by atoms with Gasteiger partial charge in [-0.25, -0.2) is 0 Å². The number of hydrogen-bond donors (Lipinski definition) is 1. The van der Waals surface area contributed by atoms with Gasteiger partial charge in [0, 0.05) is 20.0 Å². The molecule has 2 rings (SSSR count). The first-order valence-electron chi connectivity index (χ1n) is 5.67. The van der Waals surface area contributed by atoms with E-state index in [1.54, 1.807) is 0 Å². The molecule has 1 aromatic rings. The Balaban J connectivity index is 2.02. The topological polar surface area (TPSA) is 68.2 Å². The molecule has 0 amide bonds. The minimum absolute atomic E-state index is 0.178. The maximum absolute atomic E-state index is 12.9. The Morgan fingerprint density at radius 1 is 1.47 bits per heavy atom. The van der Waals surface area contributed by atoms with Gasteiger partial charge in [-0.15, -0.1) is 0 Å². The van der Waals surface area contributed by atoms with Crippen molar-refractivity contribution >= 4 is 6.01 Å². The number of alkyl halides is 2. The van der Waals surface area contributed by atoms with E-state index in [0.717, 1.165) is 32.9 Å². The van der Waals surface area contributed by atoms with Crippen LogP contribution in [0.1, 0.15) is 25.6 Å². The molecule has 1 aliphatic rings. The number of rotatable bonds is 3. The summed E-state index contributed by atoms with van der Waals surface area (Å²) in [5.74, 6) is -3.12. The normalized spacial score (nSPS) is 18.7. The summed E-state index contributed by atoms with van der Waals surface area (Å²) in [6.07, 6.45) is 1.85. The SMILES string of the molecule is CC(F)(F)c1noc(N2CCC(CN)CC2)n1. The fraction of sp³-hybridized carbons (Fsp3) is 0.800. The second kappa shape index (κ2) is 4.56. The molecule has 5 nitrogen and oxygen atoms in total. The lowest BCUT2D eigenvalue weighted by Gasteiger charge is -2.29. The summed E-state index contributed by atoms with van der Waals surface area (Å²) >= 11 is 0. The van der Waals surface area contributed by atoms with Crippen molar-refractivity contribution in [1.29, 1.82) is 0 Å². The van der Waals surface area contributed by atoms with Crippen LogP contribution in [0.3, 0.4) is 0 Å². The molecule has 1 fully saturated rings. The first-order chi connectivity index (χ1) is 8.00. The summed E-state index contributed by atoms with van der Waals surface area (Å²) in [6, 6.07) is 0.178. The van der Waals surface area contributed by atoms with Gasteiger partial charge in [0.25, 0.3) is 0 Å². The molecule has 0 unspecified atom stereocenters. The average Bonchev–Trinajstić information content (AvgIpc) is 2.78. The Labute approximate surface area is 98.0 Å². The fourth-order valence-electron chi connectivity index (χ4n) is 1.88. The van der Waals surface area contributed by atoms with Gasteiger partial charge in [-0.2, -0.15) is 13.8 Å². The number of nitrogens with zero attached hydrogens (tertiary/aromatic N) is 3. The smallest absolute Gasteiger partial charge is 0.324 e. The molecule has 0 atom stereocenters. The van der Waals surface area contributed by atoms with Crippen LogP contribution in [0.2, 0.25) is 0 Å². The van der Waals surface area contributed by atoms with Gasteiger partial charge in [0.1, 0.15) is 0 Å². The Morgan fingerprint density at radius 3 is 2.59 bits per heavy atom. The highest BCUT2D eigenvalue weighted by Crippen LogP contribution is 2.27. The Bertz CT molecular complexity index is 369. The third-order valence-electron chi connectivity index (χ3n) is 3.03. The molecule has 0 spiro atoms. The lowest BCUT2D eigenvalue weighted by Crippen LogP contribution is -2.36. The Morgan fingerprint density at radius 2 is 2.12 bits per heavy atom. The molecule has 2 heterocycles. The molecule has 1 aliphatic heterocycles. The zero-order valence-corrected chi connectivity index (χ0v) is 9.70. The van der Waals surface area contributed by atoms with E-state index in [0.29, 0.717) is 12.5 Å². The van der Waals surface area contributed by atoms with Crippen molar-refractivity contribution in [2.45, 2.75) is 25.7 Å². The van der Waals surface area contributed by atoms with Crippen LogP contribution < -0.4 is 10.6 Å². The van der Waals surface area contributed by atoms with Gasteiger partial charge in [-0.1, -0.05) is 5.16 Å². The predicted molar refractivity (Wildman–Crippen MR) is 57.9 cm³/mol. The van der Waals surface area contributed by atoms with E-state index in [1.165, 1.54) is 0 Å². The lowest BCUT2D eigenvalue weighted by atomic mass is 9.97. The van der Waals surface area contributed by atoms with E-state index in [1.807, 2.05) is 4.90 Å². The molecular formula is C10H16F2N4O. The van der Waals surface area contributed by atoms with Crippen LogP contribution in [0, 0.1) is 5.92 Å². The Kier molecular flexibility index (Phi) is 3.28. The van der Waals surface area contributed by atoms with E-state index in [2.05, 4.69) is 10.1 Å². The second-order valence-corrected chi connectivity index (χ2v) is 4.46. The maximum Gasteiger partial charge on any atom is 0.324 e. The molecule has 17 heavy (non-hydrogen) atoms. The van der Waals surface area contributed by atoms with E-state index in [4.69, 9.17) is 10.3 Å². The number of piperidine rings is 1. The number of hydrogen-bond acceptors (Lipinski definition) is 5. The monoisotopic (exact) mass is 246 g/mol. The van der Waals surface area contributed by atoms with Crippen LogP contribution in [-0.4, -0.2) is 29.8 Å². The van der Waals surface area contributed by atoms with Gasteiger partial charge in [-0.3, -0.25) is 0 Å². The molecule has 2 N–H and O–H groups in total. The molecule has 96 valence electrons. The molecule has 1 aromatic heterocycles. The van der Waals surface area contributed by atoms with Gasteiger partial charge in [0.05, 0.1) is 0 Å². The summed E-state index contributed by atoms with van der Waals surface area (Å²) in [5, 5.41) is 3.30. The zero-order chi connectivity index (χ0) is 12.5. The lowest BCUT2D eigenvalue weighted by molar-refractivity contribution is 0.00559. The molecule has 0 aromatic carbocycles. The highest BCUT2D eigenvalue weighted by molar-refractivity contribution is 5.26. The van der Waals surface area contributed by atoms with Gasteiger partial charge < -0.3 is 15.2 Å². The fourth-order valence-corrected chi connectivity index (χ4v) is 1.88. The van der Waals surface area contributed by atoms with Crippen LogP contribution in [-0.2, 0) is 5.92 Å². The van der Waals surface area contributed by atoms with Crippen molar-refractivity contribution in [1.82, 2.24) is 10.1 Å². The van der Waals surface area contributed by atoms with Crippen LogP contribution in [0.5, 0.6) is 0 Å². The average molecular weight is 246 g/mol. The molecule has 7 heteroatoms. The number of aromatic nitrogens is 2. The second-order valence-electron chi connectivity index (χ2n) is 4.46. The standard InChI is InChI=1S/C10H16F2N4O/c1-10(11,12)8-14-9(17-15-8)16-4-2-7(6-13)3-5-16/h7H,2-6,13H2,1H3. The van der Waals surface area contributed by atoms with Crippen molar-refractivity contribution in [3.8, 4) is 0 Å². The molecular weight excluding hydrogens is 230 g/mol. The summed E-state index contributed by atoms with van der Waals surface area (Å²) in [5.41, 5.74) is 5.58. The summed E-state index contributed by atoms with van der Waals surface area (Å²) in [4.78, 5) is 5.55. The number of nitrogens with two attached hydrogens (primary N) is 1. The highest BCUT2D eigenvalue weighted by Gasteiger charge is 2.32. The van der Waals surface area contributed by atoms with Crippen molar-refractivity contribution in [3.63, 3.8) is 0 Å². The molecule has 1 saturated heterocycles. The van der Waals surface area contributed by atoms with E-state index >= 15 is 0 Å². The quantitative estimate of drug-likeness (QED) is 0.872. The third-order valence-corrected chi connectivity index (χ3v) is 3.03. The van der Waals surface area contributed by atoms with Crippen molar-refractivity contribution in [2.24, 2.45) is 11.7 Å². The van der Waals surface area contributed by atoms with E-state index < -0.39 is 11.7 Å². The summed E-state index contributed by atoms with van der Waals surface area (Å²) < 4.78 is 30.7. The van der Waals surface area contributed by atoms with Gasteiger partial charge >= 0.3 is 11.9 Å². The first-order valence-corrected chi connectivity index (χ1v) is 5.67. The largest absolute Gasteiger partial charge is 0.330 e. The molecule has 0 bridgehead atoms. The van der Waals surface area contributed by atoms with Crippen molar-refractivity contribution < 1.29 is 13.3 Å². The van der Waals surface area contributed by atoms with Gasteiger partial charge in [0.15, 0.2) is 0 Å². The van der Waals surface area contributed by atoms with Gasteiger partial charge in [0.2, 0.25) is 5.82 Å². The van der Waals surface area contributed by atoms with Crippen molar-refractivity contribution in [3.05, 3.63) is 5.82 Å². The van der Waals surface area contributed by atoms with E-state index in [-0.39, 0.29) is 6.01 Å². The summed E-state index contributed by atoms with van der Waals surface area (Å²) in [7, 11) is 0. The van der Waals surface area contributed by atoms with Crippen LogP contribution >= 0.6 is 0 Å². The third kappa shape index (κ3) is 2.71. The maximum atomic E-state index is 12.9. The number of halogens is 2.